The molecule has 0 radical (unpaired) electrons. The van der Waals surface area contributed by atoms with Crippen molar-refractivity contribution in [3.8, 4) is 16.3 Å². The molecule has 0 bridgehead atoms. The number of rotatable bonds is 2. The zero-order chi connectivity index (χ0) is 10.8. The largest absolute Gasteiger partial charge is 0.497 e. The fraction of sp³-hybridized carbons (Fsp3) is 0.100. The molecule has 2 nitrogen and oxygen atoms in total. The normalized spacial score (nSPS) is 10.3. The van der Waals surface area contributed by atoms with Gasteiger partial charge in [0, 0.05) is 17.0 Å². The van der Waals surface area contributed by atoms with Crippen LogP contribution in [0, 0.1) is 5.82 Å². The van der Waals surface area contributed by atoms with E-state index < -0.39 is 0 Å². The third kappa shape index (κ3) is 2.11. The molecule has 2 rings (SSSR count). The standard InChI is InChI=1S/C10H7ClFNOS/c1-14-6-2-3-7(8(12)4-6)10-13-9(11)5-15-10/h2-5H,1H3. The lowest BCUT2D eigenvalue weighted by Gasteiger charge is -2.02. The molecular formula is C10H7ClFNOS. The summed E-state index contributed by atoms with van der Waals surface area (Å²) in [4.78, 5) is 4.00. The van der Waals surface area contributed by atoms with Gasteiger partial charge in [0.2, 0.25) is 0 Å². The van der Waals surface area contributed by atoms with Gasteiger partial charge >= 0.3 is 0 Å². The first kappa shape index (κ1) is 10.4. The molecule has 0 aliphatic carbocycles. The van der Waals surface area contributed by atoms with Crippen LogP contribution in [0.25, 0.3) is 10.6 Å². The zero-order valence-electron chi connectivity index (χ0n) is 7.83. The molecule has 0 aliphatic rings. The van der Waals surface area contributed by atoms with Crippen LogP contribution in [0.15, 0.2) is 23.6 Å². The van der Waals surface area contributed by atoms with Gasteiger partial charge in [0.25, 0.3) is 0 Å². The van der Waals surface area contributed by atoms with E-state index in [9.17, 15) is 4.39 Å². The summed E-state index contributed by atoms with van der Waals surface area (Å²) in [7, 11) is 1.49. The Labute approximate surface area is 95.3 Å². The molecule has 0 saturated heterocycles. The quantitative estimate of drug-likeness (QED) is 0.804. The summed E-state index contributed by atoms with van der Waals surface area (Å²) < 4.78 is 18.5. The average Bonchev–Trinajstić information content (AvgIpc) is 2.64. The molecule has 0 unspecified atom stereocenters. The highest BCUT2D eigenvalue weighted by Gasteiger charge is 2.09. The van der Waals surface area contributed by atoms with E-state index in [0.717, 1.165) is 0 Å². The fourth-order valence-electron chi connectivity index (χ4n) is 1.17. The molecule has 1 aromatic heterocycles. The van der Waals surface area contributed by atoms with Crippen LogP contribution in [0.5, 0.6) is 5.75 Å². The number of aromatic nitrogens is 1. The maximum atomic E-state index is 13.6. The third-order valence-corrected chi connectivity index (χ3v) is 3.08. The van der Waals surface area contributed by atoms with E-state index in [4.69, 9.17) is 16.3 Å². The molecule has 0 amide bonds. The third-order valence-electron chi connectivity index (χ3n) is 1.88. The molecule has 15 heavy (non-hydrogen) atoms. The molecule has 0 N–H and O–H groups in total. The van der Waals surface area contributed by atoms with Crippen molar-refractivity contribution in [3.05, 3.63) is 34.5 Å². The number of hydrogen-bond donors (Lipinski definition) is 0. The van der Waals surface area contributed by atoms with Crippen LogP contribution < -0.4 is 4.74 Å². The first-order chi connectivity index (χ1) is 7.20. The SMILES string of the molecule is COc1ccc(-c2nc(Cl)cs2)c(F)c1. The van der Waals surface area contributed by atoms with Crippen molar-refractivity contribution in [1.82, 2.24) is 4.98 Å². The lowest BCUT2D eigenvalue weighted by molar-refractivity contribution is 0.411. The van der Waals surface area contributed by atoms with Crippen LogP contribution >= 0.6 is 22.9 Å². The van der Waals surface area contributed by atoms with Crippen LogP contribution in [0.1, 0.15) is 0 Å². The van der Waals surface area contributed by atoms with Gasteiger partial charge in [-0.15, -0.1) is 11.3 Å². The Morgan fingerprint density at radius 1 is 1.47 bits per heavy atom. The highest BCUT2D eigenvalue weighted by Crippen LogP contribution is 2.29. The molecule has 0 spiro atoms. The molecule has 0 fully saturated rings. The van der Waals surface area contributed by atoms with Gasteiger partial charge < -0.3 is 4.74 Å². The average molecular weight is 244 g/mol. The van der Waals surface area contributed by atoms with Gasteiger partial charge in [0.15, 0.2) is 0 Å². The maximum absolute atomic E-state index is 13.6. The molecule has 1 heterocycles. The highest BCUT2D eigenvalue weighted by atomic mass is 35.5. The van der Waals surface area contributed by atoms with Gasteiger partial charge in [0.1, 0.15) is 21.7 Å². The maximum Gasteiger partial charge on any atom is 0.140 e. The van der Waals surface area contributed by atoms with Crippen molar-refractivity contribution < 1.29 is 9.13 Å². The monoisotopic (exact) mass is 243 g/mol. The Morgan fingerprint density at radius 2 is 2.27 bits per heavy atom. The minimum Gasteiger partial charge on any atom is -0.497 e. The Kier molecular flexibility index (Phi) is 2.88. The summed E-state index contributed by atoms with van der Waals surface area (Å²) in [6.45, 7) is 0. The number of thiazole rings is 1. The van der Waals surface area contributed by atoms with Crippen LogP contribution in [0.2, 0.25) is 5.15 Å². The van der Waals surface area contributed by atoms with Crippen molar-refractivity contribution in [1.29, 1.82) is 0 Å². The van der Waals surface area contributed by atoms with E-state index in [-0.39, 0.29) is 5.82 Å². The summed E-state index contributed by atoms with van der Waals surface area (Å²) >= 11 is 6.98. The van der Waals surface area contributed by atoms with Crippen LogP contribution in [0.3, 0.4) is 0 Å². The second-order valence-corrected chi connectivity index (χ2v) is 4.07. The number of nitrogens with zero attached hydrogens (tertiary/aromatic N) is 1. The van der Waals surface area contributed by atoms with Crippen LogP contribution in [0.4, 0.5) is 4.39 Å². The van der Waals surface area contributed by atoms with Gasteiger partial charge in [-0.2, -0.15) is 0 Å². The molecule has 0 aliphatic heterocycles. The van der Waals surface area contributed by atoms with Crippen LogP contribution in [-0.4, -0.2) is 12.1 Å². The summed E-state index contributed by atoms with van der Waals surface area (Å²) in [5, 5.41) is 2.62. The van der Waals surface area contributed by atoms with Gasteiger partial charge in [-0.1, -0.05) is 11.6 Å². The second-order valence-electron chi connectivity index (χ2n) is 2.82. The summed E-state index contributed by atoms with van der Waals surface area (Å²) in [5.74, 6) is 0.124. The molecule has 5 heteroatoms. The molecule has 0 saturated carbocycles. The molecule has 1 aromatic carbocycles. The Balaban J connectivity index is 2.45. The van der Waals surface area contributed by atoms with Gasteiger partial charge in [-0.05, 0) is 12.1 Å². The number of benzene rings is 1. The number of methoxy groups -OCH3 is 1. The molecule has 0 atom stereocenters. The van der Waals surface area contributed by atoms with Gasteiger partial charge in [-0.3, -0.25) is 0 Å². The summed E-state index contributed by atoms with van der Waals surface area (Å²) in [6, 6.07) is 4.64. The molecule has 78 valence electrons. The Morgan fingerprint density at radius 3 is 2.80 bits per heavy atom. The first-order valence-corrected chi connectivity index (χ1v) is 5.41. The summed E-state index contributed by atoms with van der Waals surface area (Å²) in [6.07, 6.45) is 0. The number of ether oxygens (including phenoxy) is 1. The number of halogens is 2. The predicted molar refractivity (Wildman–Crippen MR) is 59.1 cm³/mol. The second kappa shape index (κ2) is 4.16. The van der Waals surface area contributed by atoms with Crippen molar-refractivity contribution in [3.63, 3.8) is 0 Å². The lowest BCUT2D eigenvalue weighted by Crippen LogP contribution is -1.87. The van der Waals surface area contributed by atoms with Crippen molar-refractivity contribution in [2.45, 2.75) is 0 Å². The van der Waals surface area contributed by atoms with E-state index in [1.807, 2.05) is 0 Å². The fourth-order valence-corrected chi connectivity index (χ4v) is 2.15. The van der Waals surface area contributed by atoms with E-state index in [2.05, 4.69) is 4.98 Å². The lowest BCUT2D eigenvalue weighted by atomic mass is 10.2. The van der Waals surface area contributed by atoms with Crippen molar-refractivity contribution in [2.75, 3.05) is 7.11 Å². The van der Waals surface area contributed by atoms with Crippen LogP contribution in [-0.2, 0) is 0 Å². The number of hydrogen-bond acceptors (Lipinski definition) is 3. The zero-order valence-corrected chi connectivity index (χ0v) is 9.40. The topological polar surface area (TPSA) is 22.1 Å². The highest BCUT2D eigenvalue weighted by molar-refractivity contribution is 7.13. The minimum absolute atomic E-state index is 0.361. The molecule has 2 aromatic rings. The smallest absolute Gasteiger partial charge is 0.140 e. The summed E-state index contributed by atoms with van der Waals surface area (Å²) in [5.41, 5.74) is 0.438. The Hall–Kier alpha value is -1.13. The van der Waals surface area contributed by atoms with E-state index in [1.54, 1.807) is 17.5 Å². The van der Waals surface area contributed by atoms with E-state index in [0.29, 0.717) is 21.5 Å². The predicted octanol–water partition coefficient (Wildman–Crippen LogP) is 3.61. The van der Waals surface area contributed by atoms with Crippen molar-refractivity contribution >= 4 is 22.9 Å². The van der Waals surface area contributed by atoms with Crippen molar-refractivity contribution in [2.24, 2.45) is 0 Å². The first-order valence-electron chi connectivity index (χ1n) is 4.15. The Bertz CT molecular complexity index is 486. The minimum atomic E-state index is -0.361. The van der Waals surface area contributed by atoms with Gasteiger partial charge in [-0.25, -0.2) is 9.37 Å². The van der Waals surface area contributed by atoms with E-state index in [1.165, 1.54) is 24.5 Å². The molecular weight excluding hydrogens is 237 g/mol. The van der Waals surface area contributed by atoms with Gasteiger partial charge in [0.05, 0.1) is 7.11 Å². The van der Waals surface area contributed by atoms with E-state index >= 15 is 0 Å².